The monoisotopic (exact) mass is 654 g/mol. The van der Waals surface area contributed by atoms with Gasteiger partial charge in [0.25, 0.3) is 0 Å². The van der Waals surface area contributed by atoms with Crippen molar-refractivity contribution >= 4 is 35.4 Å². The van der Waals surface area contributed by atoms with E-state index in [1.54, 1.807) is 6.92 Å². The van der Waals surface area contributed by atoms with Gasteiger partial charge < -0.3 is 40.1 Å². The summed E-state index contributed by atoms with van der Waals surface area (Å²) in [5.41, 5.74) is 0.808. The average Bonchev–Trinajstić information content (AvgIpc) is 3.56. The molecule has 5 rings (SSSR count). The van der Waals surface area contributed by atoms with Crippen LogP contribution in [0.3, 0.4) is 0 Å². The molecule has 4 heterocycles. The van der Waals surface area contributed by atoms with Crippen LogP contribution in [0.1, 0.15) is 51.0 Å². The second kappa shape index (κ2) is 15.2. The molecule has 0 unspecified atom stereocenters. The Balaban J connectivity index is 1.45. The lowest BCUT2D eigenvalue weighted by Crippen LogP contribution is -2.60. The number of fused-ring (bicyclic) bond motifs is 3. The molecule has 4 aliphatic heterocycles. The number of nitrogens with zero attached hydrogens (tertiary/aromatic N) is 4. The van der Waals surface area contributed by atoms with Crippen molar-refractivity contribution in [2.24, 2.45) is 0 Å². The third-order valence-electron chi connectivity index (χ3n) is 9.79. The molecule has 3 N–H and O–H groups in total. The first-order valence-corrected chi connectivity index (χ1v) is 16.6. The number of nitrogens with one attached hydrogen (secondary N) is 2. The Bertz CT molecular complexity index is 1340. The van der Waals surface area contributed by atoms with E-state index in [9.17, 15) is 33.9 Å². The van der Waals surface area contributed by atoms with Crippen LogP contribution in [-0.2, 0) is 39.9 Å². The van der Waals surface area contributed by atoms with Gasteiger partial charge in [-0.15, -0.1) is 0 Å². The van der Waals surface area contributed by atoms with Crippen LogP contribution in [0.4, 0.5) is 0 Å². The molecule has 4 saturated heterocycles. The Hall–Kier alpha value is -4.04. The van der Waals surface area contributed by atoms with Crippen molar-refractivity contribution in [1.29, 1.82) is 0 Å². The highest BCUT2D eigenvalue weighted by atomic mass is 16.5. The van der Waals surface area contributed by atoms with Gasteiger partial charge in [-0.25, -0.2) is 0 Å². The number of likely N-dealkylation sites (N-methyl/N-ethyl adjacent to an activating group) is 1. The van der Waals surface area contributed by atoms with Gasteiger partial charge in [0, 0.05) is 39.6 Å². The fourth-order valence-electron chi connectivity index (χ4n) is 6.77. The number of rotatable bonds is 4. The number of aliphatic hydroxyl groups is 1. The smallest absolute Gasteiger partial charge is 0.245 e. The molecule has 2 bridgehead atoms. The Morgan fingerprint density at radius 3 is 2.47 bits per heavy atom. The fraction of sp³-hybridized carbons (Fsp3) is 0.636. The third kappa shape index (κ3) is 8.10. The van der Waals surface area contributed by atoms with Crippen LogP contribution >= 0.6 is 0 Å². The van der Waals surface area contributed by atoms with Gasteiger partial charge in [-0.1, -0.05) is 30.3 Å². The first kappa shape index (κ1) is 34.3. The standard InChI is InChI=1S/C33H46N6O8/c1-21-31(44)35-24(17-22-9-4-3-5-10-22)32(45)34-23-13-16-47-26(30(23)43)18-38(28(41)19-37-14-7-6-12-27(37)40)20-29(42)39-15-8-11-25(39)33(46)36(21)2/h3-5,9-10,21,23-26,30,43H,6-8,11-20H2,1-2H3,(H,34,45)(H,35,44)/t21-,23-,24-,25-,26+,30-/m0/s1. The summed E-state index contributed by atoms with van der Waals surface area (Å²) in [6.07, 6.45) is 1.13. The number of ether oxygens (including phenoxy) is 1. The quantitative estimate of drug-likeness (QED) is 0.373. The second-order valence-electron chi connectivity index (χ2n) is 13.0. The van der Waals surface area contributed by atoms with Crippen molar-refractivity contribution in [3.63, 3.8) is 0 Å². The van der Waals surface area contributed by atoms with Crippen LogP contribution in [0.25, 0.3) is 0 Å². The van der Waals surface area contributed by atoms with Gasteiger partial charge in [-0.2, -0.15) is 0 Å². The number of carbonyl (C=O) groups excluding carboxylic acids is 6. The number of hydrogen-bond donors (Lipinski definition) is 3. The van der Waals surface area contributed by atoms with Crippen LogP contribution < -0.4 is 10.6 Å². The molecule has 256 valence electrons. The van der Waals surface area contributed by atoms with Gasteiger partial charge in [-0.3, -0.25) is 28.8 Å². The SMILES string of the molecule is C[C@H]1C(=O)N[C@@H](Cc2ccccc2)C(=O)N[C@H]2CCO[C@H](CN(C(=O)CN3CCCCC3=O)CC(=O)N3CCC[C@H]3C(=O)N1C)[C@H]2O. The highest BCUT2D eigenvalue weighted by Gasteiger charge is 2.42. The molecule has 14 heteroatoms. The Morgan fingerprint density at radius 2 is 1.72 bits per heavy atom. The lowest BCUT2D eigenvalue weighted by molar-refractivity contribution is -0.152. The molecule has 0 spiro atoms. The zero-order chi connectivity index (χ0) is 33.7. The van der Waals surface area contributed by atoms with Crippen LogP contribution in [0.5, 0.6) is 0 Å². The number of carbonyl (C=O) groups is 6. The topological polar surface area (TPSA) is 169 Å². The molecule has 4 aliphatic rings. The van der Waals surface area contributed by atoms with Crippen LogP contribution in [0.2, 0.25) is 0 Å². The number of piperidine rings is 1. The van der Waals surface area contributed by atoms with Crippen molar-refractivity contribution in [3.05, 3.63) is 35.9 Å². The maximum atomic E-state index is 13.8. The molecular weight excluding hydrogens is 608 g/mol. The molecule has 1 aromatic rings. The minimum Gasteiger partial charge on any atom is -0.388 e. The van der Waals surface area contributed by atoms with Crippen molar-refractivity contribution < 1.29 is 38.6 Å². The van der Waals surface area contributed by atoms with E-state index in [0.717, 1.165) is 18.4 Å². The molecule has 6 amide bonds. The third-order valence-corrected chi connectivity index (χ3v) is 9.79. The molecule has 14 nitrogen and oxygen atoms in total. The summed E-state index contributed by atoms with van der Waals surface area (Å²) in [5, 5.41) is 17.1. The minimum atomic E-state index is -1.23. The summed E-state index contributed by atoms with van der Waals surface area (Å²) in [7, 11) is 1.50. The molecule has 47 heavy (non-hydrogen) atoms. The lowest BCUT2D eigenvalue weighted by Gasteiger charge is -2.39. The molecule has 6 atom stereocenters. The van der Waals surface area contributed by atoms with Crippen molar-refractivity contribution in [2.45, 2.75) is 88.2 Å². The summed E-state index contributed by atoms with van der Waals surface area (Å²) < 4.78 is 5.89. The van der Waals surface area contributed by atoms with E-state index in [-0.39, 0.29) is 45.0 Å². The first-order chi connectivity index (χ1) is 22.5. The summed E-state index contributed by atoms with van der Waals surface area (Å²) in [6, 6.07) is 5.64. The van der Waals surface area contributed by atoms with Crippen LogP contribution in [0.15, 0.2) is 30.3 Å². The van der Waals surface area contributed by atoms with Gasteiger partial charge in [0.1, 0.15) is 30.3 Å². The summed E-state index contributed by atoms with van der Waals surface area (Å²) in [4.78, 5) is 86.4. The molecule has 1 aromatic carbocycles. The Labute approximate surface area is 274 Å². The molecule has 0 aliphatic carbocycles. The number of likely N-dealkylation sites (tertiary alicyclic amines) is 1. The Morgan fingerprint density at radius 1 is 0.957 bits per heavy atom. The minimum absolute atomic E-state index is 0.131. The summed E-state index contributed by atoms with van der Waals surface area (Å²) in [6.45, 7) is 1.72. The summed E-state index contributed by atoms with van der Waals surface area (Å²) >= 11 is 0. The van der Waals surface area contributed by atoms with Gasteiger partial charge in [0.05, 0.1) is 25.7 Å². The number of hydrogen-bond acceptors (Lipinski definition) is 8. The first-order valence-electron chi connectivity index (χ1n) is 16.6. The van der Waals surface area contributed by atoms with E-state index in [0.29, 0.717) is 32.4 Å². The maximum Gasteiger partial charge on any atom is 0.245 e. The normalized spacial score (nSPS) is 30.1. The number of amides is 6. The van der Waals surface area contributed by atoms with Crippen molar-refractivity contribution in [2.75, 3.05) is 46.4 Å². The van der Waals surface area contributed by atoms with Gasteiger partial charge in [0.15, 0.2) is 0 Å². The highest BCUT2D eigenvalue weighted by molar-refractivity contribution is 5.95. The zero-order valence-corrected chi connectivity index (χ0v) is 27.1. The molecule has 0 aromatic heterocycles. The largest absolute Gasteiger partial charge is 0.388 e. The van der Waals surface area contributed by atoms with E-state index in [4.69, 9.17) is 4.74 Å². The lowest BCUT2D eigenvalue weighted by atomic mass is 9.97. The highest BCUT2D eigenvalue weighted by Crippen LogP contribution is 2.23. The molecule has 4 fully saturated rings. The summed E-state index contributed by atoms with van der Waals surface area (Å²) in [5.74, 6) is -2.52. The maximum absolute atomic E-state index is 13.8. The van der Waals surface area contributed by atoms with Crippen LogP contribution in [0, 0.1) is 0 Å². The molecule has 0 radical (unpaired) electrons. The predicted octanol–water partition coefficient (Wildman–Crippen LogP) is -0.959. The van der Waals surface area contributed by atoms with Crippen molar-refractivity contribution in [1.82, 2.24) is 30.2 Å². The van der Waals surface area contributed by atoms with E-state index in [1.165, 1.54) is 26.6 Å². The van der Waals surface area contributed by atoms with E-state index >= 15 is 0 Å². The van der Waals surface area contributed by atoms with Crippen molar-refractivity contribution in [3.8, 4) is 0 Å². The van der Waals surface area contributed by atoms with Gasteiger partial charge >= 0.3 is 0 Å². The number of benzene rings is 1. The Kier molecular flexibility index (Phi) is 11.1. The average molecular weight is 655 g/mol. The second-order valence-corrected chi connectivity index (χ2v) is 13.0. The van der Waals surface area contributed by atoms with Crippen LogP contribution in [-0.4, -0.2) is 143 Å². The zero-order valence-electron chi connectivity index (χ0n) is 27.1. The molecule has 0 saturated carbocycles. The van der Waals surface area contributed by atoms with E-state index in [2.05, 4.69) is 10.6 Å². The van der Waals surface area contributed by atoms with E-state index < -0.39 is 65.9 Å². The van der Waals surface area contributed by atoms with E-state index in [1.807, 2.05) is 30.3 Å². The predicted molar refractivity (Wildman–Crippen MR) is 168 cm³/mol. The van der Waals surface area contributed by atoms with Gasteiger partial charge in [-0.05, 0) is 44.6 Å². The van der Waals surface area contributed by atoms with Gasteiger partial charge in [0.2, 0.25) is 35.4 Å². The fourth-order valence-corrected chi connectivity index (χ4v) is 6.77. The number of aliphatic hydroxyl groups excluding tert-OH is 1. The molecular formula is C33H46N6O8.